The summed E-state index contributed by atoms with van der Waals surface area (Å²) >= 11 is 1.13. The van der Waals surface area contributed by atoms with Crippen molar-refractivity contribution in [3.63, 3.8) is 0 Å². The summed E-state index contributed by atoms with van der Waals surface area (Å²) < 4.78 is 65.4. The highest BCUT2D eigenvalue weighted by molar-refractivity contribution is 7.88. The van der Waals surface area contributed by atoms with Crippen molar-refractivity contribution in [1.82, 2.24) is 19.3 Å². The predicted molar refractivity (Wildman–Crippen MR) is 115 cm³/mol. The Bertz CT molecular complexity index is 1020. The van der Waals surface area contributed by atoms with Crippen LogP contribution in [0.4, 0.5) is 24.3 Å². The molecule has 2 aromatic heterocycles. The lowest BCUT2D eigenvalue weighted by atomic mass is 10.1. The van der Waals surface area contributed by atoms with Crippen molar-refractivity contribution in [3.05, 3.63) is 18.0 Å². The van der Waals surface area contributed by atoms with Gasteiger partial charge >= 0.3 is 6.18 Å². The highest BCUT2D eigenvalue weighted by Crippen LogP contribution is 2.39. The second-order valence-electron chi connectivity index (χ2n) is 7.75. The van der Waals surface area contributed by atoms with E-state index in [2.05, 4.69) is 20.3 Å². The molecule has 0 saturated carbocycles. The number of thiazole rings is 1. The van der Waals surface area contributed by atoms with Crippen molar-refractivity contribution >= 4 is 32.4 Å². The lowest BCUT2D eigenvalue weighted by molar-refractivity contribution is -0.137. The van der Waals surface area contributed by atoms with Gasteiger partial charge in [-0.25, -0.2) is 27.7 Å². The average Bonchev–Trinajstić information content (AvgIpc) is 3.16. The summed E-state index contributed by atoms with van der Waals surface area (Å²) in [5.74, 6) is 0.0768. The summed E-state index contributed by atoms with van der Waals surface area (Å²) in [7, 11) is -1.43. The van der Waals surface area contributed by atoms with Gasteiger partial charge in [0.05, 0.1) is 16.8 Å². The molecule has 0 bridgehead atoms. The third kappa shape index (κ3) is 5.63. The van der Waals surface area contributed by atoms with Crippen LogP contribution < -0.4 is 10.2 Å². The molecule has 0 atom stereocenters. The molecular formula is C18H25F3N6O2S2. The van der Waals surface area contributed by atoms with Crippen LogP contribution in [0.25, 0.3) is 10.6 Å². The second kappa shape index (κ2) is 8.87. The molecule has 13 heteroatoms. The molecule has 0 aliphatic carbocycles. The van der Waals surface area contributed by atoms with Crippen molar-refractivity contribution in [1.29, 1.82) is 0 Å². The van der Waals surface area contributed by atoms with E-state index in [-0.39, 0.29) is 23.7 Å². The molecule has 3 rings (SSSR count). The number of nitrogens with one attached hydrogen (secondary N) is 1. The van der Waals surface area contributed by atoms with Gasteiger partial charge in [0.15, 0.2) is 5.13 Å². The maximum Gasteiger partial charge on any atom is 0.420 e. The molecule has 0 radical (unpaired) electrons. The van der Waals surface area contributed by atoms with Crippen LogP contribution in [0.2, 0.25) is 0 Å². The maximum absolute atomic E-state index is 13.6. The summed E-state index contributed by atoms with van der Waals surface area (Å²) in [6.07, 6.45) is -0.255. The first-order valence-electron chi connectivity index (χ1n) is 9.71. The summed E-state index contributed by atoms with van der Waals surface area (Å²) in [6, 6.07) is 0.00759. The van der Waals surface area contributed by atoms with Crippen LogP contribution in [0.5, 0.6) is 0 Å². The monoisotopic (exact) mass is 478 g/mol. The number of halogens is 3. The van der Waals surface area contributed by atoms with Crippen molar-refractivity contribution in [2.24, 2.45) is 0 Å². The van der Waals surface area contributed by atoms with E-state index in [9.17, 15) is 21.6 Å². The molecule has 3 heterocycles. The molecular weight excluding hydrogens is 453 g/mol. The quantitative estimate of drug-likeness (QED) is 0.681. The van der Waals surface area contributed by atoms with Crippen molar-refractivity contribution < 1.29 is 21.6 Å². The van der Waals surface area contributed by atoms with Crippen LogP contribution in [-0.4, -0.2) is 66.2 Å². The van der Waals surface area contributed by atoms with Crippen molar-refractivity contribution in [3.8, 4) is 10.6 Å². The van der Waals surface area contributed by atoms with E-state index in [0.29, 0.717) is 35.9 Å². The van der Waals surface area contributed by atoms with Gasteiger partial charge in [0.25, 0.3) is 0 Å². The standard InChI is InChI=1S/C18H25F3N6O2S2/c1-11(2)26(3)17-23-10-14(30-17)15-13(18(19,20)21)9-22-16(25-15)24-12-5-7-27(8-6-12)31(4,28)29/h9-12H,5-8H2,1-4H3,(H,22,24,25). The Hall–Kier alpha value is -1.99. The fraction of sp³-hybridized carbons (Fsp3) is 0.611. The van der Waals surface area contributed by atoms with Gasteiger partial charge in [0.2, 0.25) is 16.0 Å². The van der Waals surface area contributed by atoms with Gasteiger partial charge in [-0.3, -0.25) is 0 Å². The third-order valence-corrected chi connectivity index (χ3v) is 7.55. The molecule has 172 valence electrons. The highest BCUT2D eigenvalue weighted by Gasteiger charge is 2.36. The fourth-order valence-corrected chi connectivity index (χ4v) is 5.01. The molecule has 1 aliphatic rings. The summed E-state index contributed by atoms with van der Waals surface area (Å²) in [5.41, 5.74) is -1.15. The molecule has 1 aliphatic heterocycles. The van der Waals surface area contributed by atoms with E-state index in [1.54, 1.807) is 0 Å². The summed E-state index contributed by atoms with van der Waals surface area (Å²) in [4.78, 5) is 14.4. The Balaban J connectivity index is 1.85. The number of anilines is 2. The zero-order valence-corrected chi connectivity index (χ0v) is 19.3. The largest absolute Gasteiger partial charge is 0.420 e. The molecule has 0 amide bonds. The minimum Gasteiger partial charge on any atom is -0.351 e. The van der Waals surface area contributed by atoms with Crippen LogP contribution >= 0.6 is 11.3 Å². The molecule has 1 N–H and O–H groups in total. The summed E-state index contributed by atoms with van der Waals surface area (Å²) in [5, 5.41) is 3.65. The Morgan fingerprint density at radius 1 is 1.23 bits per heavy atom. The minimum atomic E-state index is -4.61. The molecule has 1 fully saturated rings. The van der Waals surface area contributed by atoms with Crippen molar-refractivity contribution in [2.45, 2.75) is 44.9 Å². The Kier molecular flexibility index (Phi) is 6.77. The van der Waals surface area contributed by atoms with Gasteiger partial charge in [-0.05, 0) is 26.7 Å². The lowest BCUT2D eigenvalue weighted by Crippen LogP contribution is -2.42. The Labute approximate surface area is 183 Å². The summed E-state index contributed by atoms with van der Waals surface area (Å²) in [6.45, 7) is 4.60. The lowest BCUT2D eigenvalue weighted by Gasteiger charge is -2.30. The molecule has 31 heavy (non-hydrogen) atoms. The number of hydrogen-bond donors (Lipinski definition) is 1. The number of nitrogens with zero attached hydrogens (tertiary/aromatic N) is 5. The van der Waals surface area contributed by atoms with Gasteiger partial charge in [-0.2, -0.15) is 13.2 Å². The van der Waals surface area contributed by atoms with Gasteiger partial charge in [0.1, 0.15) is 5.56 Å². The number of piperidine rings is 1. The Morgan fingerprint density at radius 3 is 2.42 bits per heavy atom. The number of aromatic nitrogens is 3. The van der Waals surface area contributed by atoms with E-state index < -0.39 is 21.8 Å². The average molecular weight is 479 g/mol. The third-order valence-electron chi connectivity index (χ3n) is 5.15. The minimum absolute atomic E-state index is 0.0768. The predicted octanol–water partition coefficient (Wildman–Crippen LogP) is 3.30. The first-order chi connectivity index (χ1) is 14.4. The highest BCUT2D eigenvalue weighted by atomic mass is 32.2. The molecule has 0 spiro atoms. The first-order valence-corrected chi connectivity index (χ1v) is 12.4. The zero-order chi connectivity index (χ0) is 23.0. The molecule has 2 aromatic rings. The SMILES string of the molecule is CC(C)N(C)c1ncc(-c2nc(NC3CCN(S(C)(=O)=O)CC3)ncc2C(F)(F)F)s1. The van der Waals surface area contributed by atoms with Crippen LogP contribution in [0.1, 0.15) is 32.3 Å². The number of rotatable bonds is 6. The van der Waals surface area contributed by atoms with E-state index in [1.807, 2.05) is 25.8 Å². The molecule has 0 aromatic carbocycles. The number of alkyl halides is 3. The normalized spacial score (nSPS) is 16.6. The second-order valence-corrected chi connectivity index (χ2v) is 10.7. The fourth-order valence-electron chi connectivity index (χ4n) is 3.12. The van der Waals surface area contributed by atoms with Crippen LogP contribution in [-0.2, 0) is 16.2 Å². The maximum atomic E-state index is 13.6. The van der Waals surface area contributed by atoms with Gasteiger partial charge in [0, 0.05) is 44.6 Å². The zero-order valence-electron chi connectivity index (χ0n) is 17.6. The topological polar surface area (TPSA) is 91.3 Å². The molecule has 8 nitrogen and oxygen atoms in total. The van der Waals surface area contributed by atoms with Gasteiger partial charge < -0.3 is 10.2 Å². The number of sulfonamides is 1. The van der Waals surface area contributed by atoms with Gasteiger partial charge in [-0.15, -0.1) is 0 Å². The van der Waals surface area contributed by atoms with Crippen molar-refractivity contribution in [2.75, 3.05) is 36.6 Å². The van der Waals surface area contributed by atoms with E-state index in [1.165, 1.54) is 10.5 Å². The first kappa shape index (κ1) is 23.7. The molecule has 1 saturated heterocycles. The molecule has 0 unspecified atom stereocenters. The van der Waals surface area contributed by atoms with Crippen LogP contribution in [0.3, 0.4) is 0 Å². The smallest absolute Gasteiger partial charge is 0.351 e. The van der Waals surface area contributed by atoms with E-state index in [4.69, 9.17) is 0 Å². The number of hydrogen-bond acceptors (Lipinski definition) is 8. The van der Waals surface area contributed by atoms with E-state index >= 15 is 0 Å². The van der Waals surface area contributed by atoms with Crippen LogP contribution in [0, 0.1) is 0 Å². The Morgan fingerprint density at radius 2 is 1.87 bits per heavy atom. The van der Waals surface area contributed by atoms with Gasteiger partial charge in [-0.1, -0.05) is 11.3 Å². The van der Waals surface area contributed by atoms with E-state index in [0.717, 1.165) is 23.8 Å². The van der Waals surface area contributed by atoms with Crippen LogP contribution in [0.15, 0.2) is 12.4 Å².